The molecule has 0 saturated heterocycles. The van der Waals surface area contributed by atoms with Gasteiger partial charge in [0.2, 0.25) is 0 Å². The van der Waals surface area contributed by atoms with Gasteiger partial charge in [0.05, 0.1) is 11.5 Å². The van der Waals surface area contributed by atoms with Gasteiger partial charge in [0, 0.05) is 0 Å². The molecular weight excluding hydrogens is 230 g/mol. The van der Waals surface area contributed by atoms with Crippen LogP contribution >= 0.6 is 0 Å². The van der Waals surface area contributed by atoms with E-state index in [9.17, 15) is 5.26 Å². The zero-order valence-corrected chi connectivity index (χ0v) is 13.0. The highest BCUT2D eigenvalue weighted by Crippen LogP contribution is 2.46. The van der Waals surface area contributed by atoms with Crippen LogP contribution in [0.15, 0.2) is 0 Å². The first-order chi connectivity index (χ1) is 9.17. The summed E-state index contributed by atoms with van der Waals surface area (Å²) in [7, 11) is 0. The van der Waals surface area contributed by atoms with E-state index in [4.69, 9.17) is 0 Å². The van der Waals surface area contributed by atoms with Crippen LogP contribution < -0.4 is 0 Å². The molecule has 0 aromatic rings. The Morgan fingerprint density at radius 1 is 1.11 bits per heavy atom. The highest BCUT2D eigenvalue weighted by molar-refractivity contribution is 5.00. The molecule has 2 rings (SSSR count). The van der Waals surface area contributed by atoms with Crippen molar-refractivity contribution in [2.75, 3.05) is 0 Å². The molecule has 1 heteroatoms. The smallest absolute Gasteiger partial charge is 0.0686 e. The third-order valence-electron chi connectivity index (χ3n) is 5.81. The van der Waals surface area contributed by atoms with E-state index in [1.807, 2.05) is 0 Å². The number of nitrogens with zero attached hydrogens (tertiary/aromatic N) is 1. The first-order valence-corrected chi connectivity index (χ1v) is 8.58. The molecule has 0 amide bonds. The van der Waals surface area contributed by atoms with Crippen molar-refractivity contribution < 1.29 is 0 Å². The van der Waals surface area contributed by atoms with Crippen molar-refractivity contribution in [1.82, 2.24) is 0 Å². The molecule has 2 aliphatic carbocycles. The van der Waals surface area contributed by atoms with Gasteiger partial charge >= 0.3 is 0 Å². The van der Waals surface area contributed by atoms with E-state index in [0.717, 1.165) is 24.2 Å². The molecule has 1 nitrogen and oxygen atoms in total. The number of rotatable bonds is 4. The second kappa shape index (κ2) is 6.78. The minimum absolute atomic E-state index is 0.0119. The molecule has 2 saturated carbocycles. The minimum Gasteiger partial charge on any atom is -0.198 e. The highest BCUT2D eigenvalue weighted by Gasteiger charge is 2.36. The molecule has 0 spiro atoms. The number of unbranched alkanes of at least 4 members (excludes halogenated alkanes) is 1. The maximum Gasteiger partial charge on any atom is 0.0686 e. The summed E-state index contributed by atoms with van der Waals surface area (Å²) in [6.45, 7) is 4.49. The van der Waals surface area contributed by atoms with Gasteiger partial charge < -0.3 is 0 Å². The largest absolute Gasteiger partial charge is 0.198 e. The van der Waals surface area contributed by atoms with E-state index in [1.165, 1.54) is 64.2 Å². The van der Waals surface area contributed by atoms with Crippen LogP contribution in [0.2, 0.25) is 0 Å². The topological polar surface area (TPSA) is 23.8 Å². The Morgan fingerprint density at radius 2 is 1.84 bits per heavy atom. The number of nitriles is 1. The fraction of sp³-hybridized carbons (Fsp3) is 0.944. The Morgan fingerprint density at radius 3 is 2.47 bits per heavy atom. The normalized spacial score (nSPS) is 39.7. The summed E-state index contributed by atoms with van der Waals surface area (Å²) in [6.07, 6.45) is 15.0. The minimum atomic E-state index is -0.0119. The van der Waals surface area contributed by atoms with Crippen LogP contribution in [0.5, 0.6) is 0 Å². The maximum absolute atomic E-state index is 9.36. The van der Waals surface area contributed by atoms with E-state index in [-0.39, 0.29) is 5.41 Å². The van der Waals surface area contributed by atoms with Crippen molar-refractivity contribution in [3.63, 3.8) is 0 Å². The lowest BCUT2D eigenvalue weighted by molar-refractivity contribution is 0.117. The van der Waals surface area contributed by atoms with E-state index < -0.39 is 0 Å². The van der Waals surface area contributed by atoms with Crippen LogP contribution in [-0.4, -0.2) is 0 Å². The molecule has 0 aromatic heterocycles. The predicted molar refractivity (Wildman–Crippen MR) is 80.7 cm³/mol. The Kier molecular flexibility index (Phi) is 5.31. The third-order valence-corrected chi connectivity index (χ3v) is 5.81. The monoisotopic (exact) mass is 261 g/mol. The number of hydrogen-bond donors (Lipinski definition) is 0. The first-order valence-electron chi connectivity index (χ1n) is 8.58. The van der Waals surface area contributed by atoms with Crippen molar-refractivity contribution in [3.05, 3.63) is 0 Å². The molecule has 0 N–H and O–H groups in total. The van der Waals surface area contributed by atoms with Crippen molar-refractivity contribution in [1.29, 1.82) is 5.26 Å². The molecule has 19 heavy (non-hydrogen) atoms. The molecule has 0 bridgehead atoms. The van der Waals surface area contributed by atoms with E-state index in [0.29, 0.717) is 0 Å². The highest BCUT2D eigenvalue weighted by atomic mass is 14.4. The standard InChI is InChI=1S/C18H31N/c1-3-4-6-15-8-10-16(11-9-15)17-7-5-12-18(2,13-17)14-19/h15-17H,3-13H2,1-2H3/t15?,16?,17-,18-/m1/s1. The van der Waals surface area contributed by atoms with Crippen LogP contribution in [0.4, 0.5) is 0 Å². The molecule has 108 valence electrons. The Balaban J connectivity index is 1.79. The molecule has 0 aliphatic heterocycles. The van der Waals surface area contributed by atoms with Crippen LogP contribution in [-0.2, 0) is 0 Å². The lowest BCUT2D eigenvalue weighted by Crippen LogP contribution is -2.30. The first kappa shape index (κ1) is 14.9. The molecule has 0 unspecified atom stereocenters. The van der Waals surface area contributed by atoms with Gasteiger partial charge in [0.15, 0.2) is 0 Å². The molecular formula is C18H31N. The van der Waals surface area contributed by atoms with Gasteiger partial charge in [0.25, 0.3) is 0 Å². The lowest BCUT2D eigenvalue weighted by atomic mass is 9.64. The summed E-state index contributed by atoms with van der Waals surface area (Å²) in [5, 5.41) is 9.36. The SMILES string of the molecule is CCCCC1CCC([C@@H]2CCC[C@@](C)(C#N)C2)CC1. The van der Waals surface area contributed by atoms with Crippen molar-refractivity contribution >= 4 is 0 Å². The van der Waals surface area contributed by atoms with E-state index >= 15 is 0 Å². The summed E-state index contributed by atoms with van der Waals surface area (Å²) in [5.41, 5.74) is -0.0119. The molecule has 0 radical (unpaired) electrons. The van der Waals surface area contributed by atoms with Gasteiger partial charge in [-0.15, -0.1) is 0 Å². The van der Waals surface area contributed by atoms with Crippen LogP contribution in [0.25, 0.3) is 0 Å². The average Bonchev–Trinajstić information content (AvgIpc) is 2.46. The lowest BCUT2D eigenvalue weighted by Gasteiger charge is -2.40. The van der Waals surface area contributed by atoms with Gasteiger partial charge in [-0.2, -0.15) is 5.26 Å². The predicted octanol–water partition coefficient (Wildman–Crippen LogP) is 5.70. The maximum atomic E-state index is 9.36. The molecule has 2 atom stereocenters. The molecule has 0 aromatic carbocycles. The van der Waals surface area contributed by atoms with Gasteiger partial charge in [-0.25, -0.2) is 0 Å². The molecule has 0 heterocycles. The van der Waals surface area contributed by atoms with Crippen LogP contribution in [0.3, 0.4) is 0 Å². The Bertz CT molecular complexity index is 308. The van der Waals surface area contributed by atoms with E-state index in [2.05, 4.69) is 19.9 Å². The van der Waals surface area contributed by atoms with Crippen LogP contribution in [0, 0.1) is 34.5 Å². The summed E-state index contributed by atoms with van der Waals surface area (Å²) >= 11 is 0. The average molecular weight is 261 g/mol. The fourth-order valence-electron chi connectivity index (χ4n) is 4.48. The third kappa shape index (κ3) is 3.98. The van der Waals surface area contributed by atoms with Crippen molar-refractivity contribution in [2.24, 2.45) is 23.2 Å². The number of hydrogen-bond acceptors (Lipinski definition) is 1. The fourth-order valence-corrected chi connectivity index (χ4v) is 4.48. The molecule has 2 fully saturated rings. The Hall–Kier alpha value is -0.510. The van der Waals surface area contributed by atoms with Crippen LogP contribution in [0.1, 0.15) is 84.5 Å². The second-order valence-corrected chi connectivity index (χ2v) is 7.45. The van der Waals surface area contributed by atoms with E-state index in [1.54, 1.807) is 0 Å². The quantitative estimate of drug-likeness (QED) is 0.636. The van der Waals surface area contributed by atoms with Gasteiger partial charge in [-0.1, -0.05) is 51.9 Å². The van der Waals surface area contributed by atoms with Gasteiger partial charge in [-0.3, -0.25) is 0 Å². The zero-order chi connectivity index (χ0) is 13.7. The summed E-state index contributed by atoms with van der Waals surface area (Å²) in [6, 6.07) is 2.59. The summed E-state index contributed by atoms with van der Waals surface area (Å²) in [5.74, 6) is 2.80. The zero-order valence-electron chi connectivity index (χ0n) is 13.0. The van der Waals surface area contributed by atoms with Crippen molar-refractivity contribution in [2.45, 2.75) is 84.5 Å². The summed E-state index contributed by atoms with van der Waals surface area (Å²) < 4.78 is 0. The second-order valence-electron chi connectivity index (χ2n) is 7.45. The van der Waals surface area contributed by atoms with Crippen molar-refractivity contribution in [3.8, 4) is 6.07 Å². The van der Waals surface area contributed by atoms with Gasteiger partial charge in [0.1, 0.15) is 0 Å². The van der Waals surface area contributed by atoms with Gasteiger partial charge in [-0.05, 0) is 50.4 Å². The Labute approximate surface area is 119 Å². The molecule has 2 aliphatic rings. The summed E-state index contributed by atoms with van der Waals surface area (Å²) in [4.78, 5) is 0.